The number of nitrogens with zero attached hydrogens (tertiary/aromatic N) is 1. The van der Waals surface area contributed by atoms with Crippen LogP contribution in [0.25, 0.3) is 11.4 Å². The molecule has 0 unspecified atom stereocenters. The van der Waals surface area contributed by atoms with E-state index in [-0.39, 0.29) is 0 Å². The molecule has 0 saturated carbocycles. The van der Waals surface area contributed by atoms with Crippen molar-refractivity contribution in [2.75, 3.05) is 7.11 Å². The molecule has 0 aliphatic rings. The van der Waals surface area contributed by atoms with Gasteiger partial charge in [0.15, 0.2) is 0 Å². The van der Waals surface area contributed by atoms with Gasteiger partial charge >= 0.3 is 0 Å². The van der Waals surface area contributed by atoms with Gasteiger partial charge in [0.2, 0.25) is 5.88 Å². The second kappa shape index (κ2) is 4.06. The van der Waals surface area contributed by atoms with Crippen molar-refractivity contribution < 1.29 is 9.53 Å². The van der Waals surface area contributed by atoms with E-state index in [1.54, 1.807) is 18.3 Å². The molecule has 2 aromatic heterocycles. The Morgan fingerprint density at radius 2 is 2.25 bits per heavy atom. The number of rotatable bonds is 3. The summed E-state index contributed by atoms with van der Waals surface area (Å²) in [5.41, 5.74) is 6.87. The monoisotopic (exact) mass is 217 g/mol. The summed E-state index contributed by atoms with van der Waals surface area (Å²) in [5.74, 6) is -0.0747. The number of carbonyl (C=O) groups is 1. The fourth-order valence-electron chi connectivity index (χ4n) is 1.44. The number of pyridine rings is 1. The van der Waals surface area contributed by atoms with Gasteiger partial charge in [-0.3, -0.25) is 4.79 Å². The number of aromatic amines is 1. The molecule has 0 aliphatic heterocycles. The van der Waals surface area contributed by atoms with Gasteiger partial charge < -0.3 is 15.5 Å². The quantitative estimate of drug-likeness (QED) is 0.810. The normalized spacial score (nSPS) is 10.1. The minimum Gasteiger partial charge on any atom is -0.481 e. The lowest BCUT2D eigenvalue weighted by atomic mass is 10.1. The third-order valence-electron chi connectivity index (χ3n) is 2.20. The zero-order valence-corrected chi connectivity index (χ0v) is 8.73. The van der Waals surface area contributed by atoms with Gasteiger partial charge in [-0.1, -0.05) is 0 Å². The van der Waals surface area contributed by atoms with Crippen molar-refractivity contribution in [3.05, 3.63) is 36.0 Å². The van der Waals surface area contributed by atoms with Crippen LogP contribution >= 0.6 is 0 Å². The molecule has 82 valence electrons. The number of hydrogen-bond donors (Lipinski definition) is 2. The number of H-pyrrole nitrogens is 1. The highest BCUT2D eigenvalue weighted by Crippen LogP contribution is 2.22. The van der Waals surface area contributed by atoms with Crippen molar-refractivity contribution in [3.63, 3.8) is 0 Å². The van der Waals surface area contributed by atoms with Crippen LogP contribution in [0.2, 0.25) is 0 Å². The number of nitrogens with two attached hydrogens (primary N) is 1. The maximum atomic E-state index is 11.2. The van der Waals surface area contributed by atoms with Crippen LogP contribution in [0.1, 0.15) is 10.4 Å². The molecule has 16 heavy (non-hydrogen) atoms. The number of carbonyl (C=O) groups excluding carboxylic acids is 1. The van der Waals surface area contributed by atoms with E-state index in [0.717, 1.165) is 5.69 Å². The molecular formula is C11H11N3O2. The number of amides is 1. The summed E-state index contributed by atoms with van der Waals surface area (Å²) < 4.78 is 5.01. The van der Waals surface area contributed by atoms with Gasteiger partial charge in [0.25, 0.3) is 5.91 Å². The van der Waals surface area contributed by atoms with Gasteiger partial charge in [-0.25, -0.2) is 4.98 Å². The minimum atomic E-state index is -0.514. The molecule has 1 amide bonds. The van der Waals surface area contributed by atoms with Gasteiger partial charge in [0.1, 0.15) is 5.69 Å². The average Bonchev–Trinajstić information content (AvgIpc) is 2.81. The minimum absolute atomic E-state index is 0.364. The summed E-state index contributed by atoms with van der Waals surface area (Å²) in [6.45, 7) is 0. The Hall–Kier alpha value is -2.30. The van der Waals surface area contributed by atoms with E-state index in [0.29, 0.717) is 17.1 Å². The molecule has 0 spiro atoms. The Morgan fingerprint density at radius 3 is 2.81 bits per heavy atom. The molecule has 0 radical (unpaired) electrons. The SMILES string of the molecule is COc1ccc(C(N)=O)c(-c2ccc[nH]2)n1. The third kappa shape index (κ3) is 1.75. The molecule has 3 N–H and O–H groups in total. The maximum Gasteiger partial charge on any atom is 0.250 e. The second-order valence-corrected chi connectivity index (χ2v) is 3.20. The number of ether oxygens (including phenoxy) is 1. The van der Waals surface area contributed by atoms with Crippen LogP contribution in [-0.2, 0) is 0 Å². The summed E-state index contributed by atoms with van der Waals surface area (Å²) in [6, 6.07) is 6.84. The molecule has 0 aliphatic carbocycles. The van der Waals surface area contributed by atoms with Crippen molar-refractivity contribution in [1.82, 2.24) is 9.97 Å². The van der Waals surface area contributed by atoms with E-state index in [9.17, 15) is 4.79 Å². The average molecular weight is 217 g/mol. The Labute approximate surface area is 92.3 Å². The predicted octanol–water partition coefficient (Wildman–Crippen LogP) is 1.18. The Morgan fingerprint density at radius 1 is 1.44 bits per heavy atom. The topological polar surface area (TPSA) is 81.0 Å². The van der Waals surface area contributed by atoms with E-state index in [2.05, 4.69) is 9.97 Å². The van der Waals surface area contributed by atoms with E-state index in [4.69, 9.17) is 10.5 Å². The van der Waals surface area contributed by atoms with Crippen molar-refractivity contribution in [2.45, 2.75) is 0 Å². The molecule has 5 nitrogen and oxygen atoms in total. The summed E-state index contributed by atoms with van der Waals surface area (Å²) in [5, 5.41) is 0. The van der Waals surface area contributed by atoms with Crippen LogP contribution < -0.4 is 10.5 Å². The van der Waals surface area contributed by atoms with E-state index in [1.165, 1.54) is 7.11 Å². The van der Waals surface area contributed by atoms with E-state index < -0.39 is 5.91 Å². The molecule has 0 bridgehead atoms. The molecule has 2 heterocycles. The van der Waals surface area contributed by atoms with Gasteiger partial charge in [0.05, 0.1) is 18.4 Å². The van der Waals surface area contributed by atoms with Crippen LogP contribution in [-0.4, -0.2) is 23.0 Å². The van der Waals surface area contributed by atoms with Gasteiger partial charge in [0, 0.05) is 12.3 Å². The molecular weight excluding hydrogens is 206 g/mol. The maximum absolute atomic E-state index is 11.2. The van der Waals surface area contributed by atoms with Crippen molar-refractivity contribution in [3.8, 4) is 17.3 Å². The highest BCUT2D eigenvalue weighted by atomic mass is 16.5. The number of aromatic nitrogens is 2. The first-order chi connectivity index (χ1) is 7.72. The number of nitrogens with one attached hydrogen (secondary N) is 1. The zero-order valence-electron chi connectivity index (χ0n) is 8.73. The van der Waals surface area contributed by atoms with Crippen LogP contribution in [0.5, 0.6) is 5.88 Å². The first kappa shape index (κ1) is 10.2. The van der Waals surface area contributed by atoms with Crippen molar-refractivity contribution >= 4 is 5.91 Å². The van der Waals surface area contributed by atoms with Crippen molar-refractivity contribution in [2.24, 2.45) is 5.73 Å². The first-order valence-corrected chi connectivity index (χ1v) is 4.71. The molecule has 0 atom stereocenters. The number of methoxy groups -OCH3 is 1. The number of hydrogen-bond acceptors (Lipinski definition) is 3. The fourth-order valence-corrected chi connectivity index (χ4v) is 1.44. The molecule has 0 saturated heterocycles. The molecule has 2 rings (SSSR count). The highest BCUT2D eigenvalue weighted by Gasteiger charge is 2.13. The van der Waals surface area contributed by atoms with E-state index in [1.807, 2.05) is 12.1 Å². The summed E-state index contributed by atoms with van der Waals surface area (Å²) in [6.07, 6.45) is 1.75. The summed E-state index contributed by atoms with van der Waals surface area (Å²) in [7, 11) is 1.52. The van der Waals surface area contributed by atoms with Crippen LogP contribution in [0.4, 0.5) is 0 Å². The summed E-state index contributed by atoms with van der Waals surface area (Å²) >= 11 is 0. The second-order valence-electron chi connectivity index (χ2n) is 3.20. The summed E-state index contributed by atoms with van der Waals surface area (Å²) in [4.78, 5) is 18.4. The smallest absolute Gasteiger partial charge is 0.250 e. The lowest BCUT2D eigenvalue weighted by Gasteiger charge is -2.06. The first-order valence-electron chi connectivity index (χ1n) is 4.71. The Bertz CT molecular complexity index is 506. The molecule has 2 aromatic rings. The van der Waals surface area contributed by atoms with Crippen LogP contribution in [0.3, 0.4) is 0 Å². The zero-order chi connectivity index (χ0) is 11.5. The molecule has 0 aromatic carbocycles. The largest absolute Gasteiger partial charge is 0.481 e. The highest BCUT2D eigenvalue weighted by molar-refractivity contribution is 5.98. The predicted molar refractivity (Wildman–Crippen MR) is 59.1 cm³/mol. The van der Waals surface area contributed by atoms with Gasteiger partial charge in [-0.15, -0.1) is 0 Å². The fraction of sp³-hybridized carbons (Fsp3) is 0.0909. The van der Waals surface area contributed by atoms with Crippen LogP contribution in [0.15, 0.2) is 30.5 Å². The molecule has 5 heteroatoms. The standard InChI is InChI=1S/C11H11N3O2/c1-16-9-5-4-7(11(12)15)10(14-9)8-3-2-6-13-8/h2-6,13H,1H3,(H2,12,15). The third-order valence-corrected chi connectivity index (χ3v) is 2.20. The van der Waals surface area contributed by atoms with Crippen LogP contribution in [0, 0.1) is 0 Å². The lowest BCUT2D eigenvalue weighted by molar-refractivity contribution is 0.100. The van der Waals surface area contributed by atoms with Crippen molar-refractivity contribution in [1.29, 1.82) is 0 Å². The Kier molecular flexibility index (Phi) is 2.59. The van der Waals surface area contributed by atoms with E-state index >= 15 is 0 Å². The molecule has 0 fully saturated rings. The number of primary amides is 1. The van der Waals surface area contributed by atoms with Gasteiger partial charge in [-0.05, 0) is 18.2 Å². The Balaban J connectivity index is 2.59. The van der Waals surface area contributed by atoms with Gasteiger partial charge in [-0.2, -0.15) is 0 Å². The lowest BCUT2D eigenvalue weighted by Crippen LogP contribution is -2.13.